The zero-order valence-electron chi connectivity index (χ0n) is 12.2. The molecule has 1 aliphatic heterocycles. The van der Waals surface area contributed by atoms with Crippen LogP contribution in [0, 0.1) is 0 Å². The largest absolute Gasteiger partial charge is 0.377 e. The number of aromatic nitrogens is 4. The minimum Gasteiger partial charge on any atom is -0.377 e. The lowest BCUT2D eigenvalue weighted by Crippen LogP contribution is -2.22. The van der Waals surface area contributed by atoms with Crippen molar-refractivity contribution in [3.05, 3.63) is 16.7 Å². The number of ether oxygens (including phenoxy) is 2. The summed E-state index contributed by atoms with van der Waals surface area (Å²) in [5, 5.41) is 0. The molecule has 3 N–H and O–H groups in total. The van der Waals surface area contributed by atoms with Gasteiger partial charge in [-0.1, -0.05) is 6.92 Å². The number of fused-ring (bicyclic) bond motifs is 1. The summed E-state index contributed by atoms with van der Waals surface area (Å²) in [6.07, 6.45) is 0.399. The number of methoxy groups -OCH3 is 1. The molecule has 0 amide bonds. The standard InChI is InChI=1S/C12H17N5O3/c1-3-6-4-7(19-2)11(20-6)17-5-14-8-9(17)15-12(13)16-10(8)18/h5-7,11H,3-4H2,1-2H3,(H3,13,15,16,18)/t6-,7?,11-/m1/s1/i4T/t4-,6-,7?,11-. The van der Waals surface area contributed by atoms with E-state index >= 15 is 0 Å². The fourth-order valence-electron chi connectivity index (χ4n) is 2.39. The van der Waals surface area contributed by atoms with Crippen molar-refractivity contribution in [2.24, 2.45) is 0 Å². The molecule has 1 fully saturated rings. The highest BCUT2D eigenvalue weighted by Crippen LogP contribution is 2.33. The third-order valence-corrected chi connectivity index (χ3v) is 3.40. The predicted molar refractivity (Wildman–Crippen MR) is 72.2 cm³/mol. The number of anilines is 1. The van der Waals surface area contributed by atoms with E-state index in [4.69, 9.17) is 16.6 Å². The lowest BCUT2D eigenvalue weighted by molar-refractivity contribution is -0.0480. The first-order valence-corrected chi connectivity index (χ1v) is 6.39. The van der Waals surface area contributed by atoms with E-state index in [9.17, 15) is 4.79 Å². The molecule has 1 aliphatic rings. The van der Waals surface area contributed by atoms with Gasteiger partial charge in [-0.2, -0.15) is 4.98 Å². The van der Waals surface area contributed by atoms with Crippen LogP contribution in [-0.2, 0) is 9.47 Å². The lowest BCUT2D eigenvalue weighted by atomic mass is 10.1. The van der Waals surface area contributed by atoms with E-state index in [1.165, 1.54) is 13.4 Å². The van der Waals surface area contributed by atoms with Crippen molar-refractivity contribution in [1.29, 1.82) is 0 Å². The van der Waals surface area contributed by atoms with Crippen molar-refractivity contribution in [2.45, 2.75) is 38.2 Å². The summed E-state index contributed by atoms with van der Waals surface area (Å²) in [6, 6.07) is 0. The van der Waals surface area contributed by atoms with Crippen molar-refractivity contribution < 1.29 is 10.8 Å². The van der Waals surface area contributed by atoms with Crippen LogP contribution in [0.4, 0.5) is 5.95 Å². The average molecular weight is 281 g/mol. The van der Waals surface area contributed by atoms with Gasteiger partial charge in [0.15, 0.2) is 17.4 Å². The van der Waals surface area contributed by atoms with E-state index < -0.39 is 24.3 Å². The van der Waals surface area contributed by atoms with Crippen LogP contribution in [-0.4, -0.2) is 38.8 Å². The topological polar surface area (TPSA) is 108 Å². The molecule has 0 spiro atoms. The lowest BCUT2D eigenvalue weighted by Gasteiger charge is -2.18. The number of nitrogens with zero attached hydrogens (tertiary/aromatic N) is 3. The Balaban J connectivity index is 2.10. The van der Waals surface area contributed by atoms with Crippen LogP contribution in [0.3, 0.4) is 0 Å². The van der Waals surface area contributed by atoms with Crippen LogP contribution in [0.5, 0.6) is 0 Å². The smallest absolute Gasteiger partial charge is 0.280 e. The summed E-state index contributed by atoms with van der Waals surface area (Å²) in [5.74, 6) is 0.00989. The maximum Gasteiger partial charge on any atom is 0.280 e. The van der Waals surface area contributed by atoms with Crippen molar-refractivity contribution in [1.82, 2.24) is 19.5 Å². The summed E-state index contributed by atoms with van der Waals surface area (Å²) in [4.78, 5) is 22.4. The van der Waals surface area contributed by atoms with Crippen molar-refractivity contribution >= 4 is 17.1 Å². The van der Waals surface area contributed by atoms with Gasteiger partial charge in [-0.15, -0.1) is 0 Å². The molecule has 8 nitrogen and oxygen atoms in total. The van der Waals surface area contributed by atoms with Crippen molar-refractivity contribution in [2.75, 3.05) is 12.8 Å². The fourth-order valence-corrected chi connectivity index (χ4v) is 2.39. The fraction of sp³-hybridized carbons (Fsp3) is 0.583. The highest BCUT2D eigenvalue weighted by atomic mass is 16.6. The molecule has 0 aliphatic carbocycles. The quantitative estimate of drug-likeness (QED) is 0.843. The van der Waals surface area contributed by atoms with E-state index in [0.717, 1.165) is 0 Å². The molecular formula is C12H17N5O3. The van der Waals surface area contributed by atoms with E-state index in [-0.39, 0.29) is 17.6 Å². The summed E-state index contributed by atoms with van der Waals surface area (Å²) in [6.45, 7) is 1.95. The van der Waals surface area contributed by atoms with Gasteiger partial charge < -0.3 is 15.2 Å². The zero-order valence-corrected chi connectivity index (χ0v) is 11.2. The normalized spacial score (nSPS) is 30.8. The molecule has 8 heteroatoms. The van der Waals surface area contributed by atoms with Crippen LogP contribution in [0.15, 0.2) is 11.1 Å². The van der Waals surface area contributed by atoms with Gasteiger partial charge in [0.2, 0.25) is 5.95 Å². The molecule has 3 rings (SSSR count). The van der Waals surface area contributed by atoms with Crippen LogP contribution in [0.2, 0.25) is 0 Å². The Morgan fingerprint density at radius 1 is 1.75 bits per heavy atom. The summed E-state index contributed by atoms with van der Waals surface area (Å²) >= 11 is 0. The molecule has 108 valence electrons. The van der Waals surface area contributed by atoms with Crippen LogP contribution < -0.4 is 11.3 Å². The van der Waals surface area contributed by atoms with E-state index in [1.54, 1.807) is 4.57 Å². The second kappa shape index (κ2) is 4.88. The molecule has 3 heterocycles. The number of rotatable bonds is 3. The molecule has 0 saturated carbocycles. The monoisotopic (exact) mass is 281 g/mol. The van der Waals surface area contributed by atoms with Crippen LogP contribution in [0.25, 0.3) is 11.2 Å². The number of hydrogen-bond acceptors (Lipinski definition) is 6. The second-order valence-electron chi connectivity index (χ2n) is 4.64. The first kappa shape index (κ1) is 11.9. The van der Waals surface area contributed by atoms with Crippen molar-refractivity contribution in [3.63, 3.8) is 0 Å². The number of nitrogens with two attached hydrogens (primary N) is 1. The highest BCUT2D eigenvalue weighted by Gasteiger charge is 2.36. The molecule has 20 heavy (non-hydrogen) atoms. The number of nitrogens with one attached hydrogen (secondary N) is 1. The van der Waals surface area contributed by atoms with Gasteiger partial charge in [-0.3, -0.25) is 14.3 Å². The SMILES string of the molecule is [3H][C@H]1C(OC)[C@H](n2cnc3c(=O)[nH]c(N)nc32)O[C@@H]1CC. The predicted octanol–water partition coefficient (Wildman–Crippen LogP) is 0.414. The number of nitrogen functional groups attached to an aromatic ring is 1. The first-order valence-electron chi connectivity index (χ1n) is 6.97. The summed E-state index contributed by atoms with van der Waals surface area (Å²) in [5.41, 5.74) is 5.69. The highest BCUT2D eigenvalue weighted by molar-refractivity contribution is 5.70. The van der Waals surface area contributed by atoms with Gasteiger partial charge in [0, 0.05) is 14.9 Å². The van der Waals surface area contributed by atoms with Gasteiger partial charge >= 0.3 is 0 Å². The van der Waals surface area contributed by atoms with E-state index in [2.05, 4.69) is 15.0 Å². The molecule has 0 aromatic carbocycles. The maximum atomic E-state index is 11.8. The number of aromatic amines is 1. The molecule has 0 bridgehead atoms. The molecule has 4 atom stereocenters. The molecular weight excluding hydrogens is 262 g/mol. The molecule has 0 radical (unpaired) electrons. The minimum absolute atomic E-state index is 0.00989. The van der Waals surface area contributed by atoms with Crippen LogP contribution >= 0.6 is 0 Å². The number of imidazole rings is 1. The van der Waals surface area contributed by atoms with Gasteiger partial charge in [0.05, 0.1) is 12.4 Å². The van der Waals surface area contributed by atoms with Crippen LogP contribution in [0.1, 0.15) is 27.3 Å². The molecule has 1 saturated heterocycles. The Bertz CT molecular complexity index is 714. The molecule has 2 aromatic rings. The van der Waals surface area contributed by atoms with Crippen molar-refractivity contribution in [3.8, 4) is 0 Å². The Morgan fingerprint density at radius 3 is 3.25 bits per heavy atom. The first-order chi connectivity index (χ1) is 10.1. The van der Waals surface area contributed by atoms with Gasteiger partial charge in [0.25, 0.3) is 5.56 Å². The Kier molecular flexibility index (Phi) is 2.89. The second-order valence-corrected chi connectivity index (χ2v) is 4.64. The van der Waals surface area contributed by atoms with E-state index in [1.807, 2.05) is 6.92 Å². The molecule has 1 unspecified atom stereocenters. The Hall–Kier alpha value is -1.93. The minimum atomic E-state index is -0.554. The van der Waals surface area contributed by atoms with Gasteiger partial charge in [-0.05, 0) is 6.42 Å². The number of H-pyrrole nitrogens is 1. The van der Waals surface area contributed by atoms with Gasteiger partial charge in [0.1, 0.15) is 6.10 Å². The zero-order chi connectivity index (χ0) is 15.1. The Labute approximate surface area is 116 Å². The Morgan fingerprint density at radius 2 is 2.55 bits per heavy atom. The maximum absolute atomic E-state index is 11.8. The average Bonchev–Trinajstić information content (AvgIpc) is 2.99. The third kappa shape index (κ3) is 1.97. The number of hydrogen-bond donors (Lipinski definition) is 2. The summed E-state index contributed by atoms with van der Waals surface area (Å²) in [7, 11) is 1.54. The van der Waals surface area contributed by atoms with E-state index in [0.29, 0.717) is 12.1 Å². The van der Waals surface area contributed by atoms with Gasteiger partial charge in [-0.25, -0.2) is 4.98 Å². The molecule has 2 aromatic heterocycles. The summed E-state index contributed by atoms with van der Waals surface area (Å²) < 4.78 is 21.0. The third-order valence-electron chi connectivity index (χ3n) is 3.40.